The van der Waals surface area contributed by atoms with E-state index in [1.54, 1.807) is 0 Å². The van der Waals surface area contributed by atoms with Crippen LogP contribution in [0.5, 0.6) is 0 Å². The smallest absolute Gasteiger partial charge is 0.143 e. The molecule has 3 aromatic heterocycles. The molecule has 0 aliphatic heterocycles. The maximum Gasteiger partial charge on any atom is 0.143 e. The summed E-state index contributed by atoms with van der Waals surface area (Å²) in [5.41, 5.74) is 10.3. The Balaban J connectivity index is 1.22. The maximum atomic E-state index is 6.39. The standard InChI is InChI=1S/C44H26N2O/c1-2-9-28(10-3-1)42-37-23-20-27-18-19-29-13-8-24-45-43(29)40(27)41(37)36-22-21-31(26-38(36)46-42)30-11-6-12-32(25-30)33-15-7-16-35-34-14-4-5-17-39(34)47-44(33)35/h1-26H. The highest BCUT2D eigenvalue weighted by Gasteiger charge is 2.17. The highest BCUT2D eigenvalue weighted by atomic mass is 16.3. The van der Waals surface area contributed by atoms with Gasteiger partial charge < -0.3 is 4.42 Å². The van der Waals surface area contributed by atoms with Crippen LogP contribution in [0.2, 0.25) is 0 Å². The van der Waals surface area contributed by atoms with Gasteiger partial charge >= 0.3 is 0 Å². The van der Waals surface area contributed by atoms with Gasteiger partial charge in [0.25, 0.3) is 0 Å². The average Bonchev–Trinajstić information content (AvgIpc) is 3.53. The number of nitrogens with zero attached hydrogens (tertiary/aromatic N) is 2. The number of pyridine rings is 2. The van der Waals surface area contributed by atoms with Crippen molar-refractivity contribution in [3.8, 4) is 33.5 Å². The molecule has 3 nitrogen and oxygen atoms in total. The Morgan fingerprint density at radius 3 is 2.15 bits per heavy atom. The second kappa shape index (κ2) is 10.1. The lowest BCUT2D eigenvalue weighted by Gasteiger charge is -2.15. The molecule has 0 amide bonds. The van der Waals surface area contributed by atoms with E-state index >= 15 is 0 Å². The fourth-order valence-corrected chi connectivity index (χ4v) is 7.28. The van der Waals surface area contributed by atoms with E-state index in [4.69, 9.17) is 14.4 Å². The fourth-order valence-electron chi connectivity index (χ4n) is 7.28. The summed E-state index contributed by atoms with van der Waals surface area (Å²) in [4.78, 5) is 10.2. The minimum absolute atomic E-state index is 0.906. The van der Waals surface area contributed by atoms with E-state index in [0.717, 1.165) is 82.6 Å². The van der Waals surface area contributed by atoms with E-state index in [-0.39, 0.29) is 0 Å². The van der Waals surface area contributed by atoms with Crippen LogP contribution < -0.4 is 0 Å². The Morgan fingerprint density at radius 1 is 0.447 bits per heavy atom. The van der Waals surface area contributed by atoms with Crippen molar-refractivity contribution < 1.29 is 4.42 Å². The number of rotatable bonds is 3. The summed E-state index contributed by atoms with van der Waals surface area (Å²) >= 11 is 0. The van der Waals surface area contributed by atoms with Crippen molar-refractivity contribution in [3.63, 3.8) is 0 Å². The van der Waals surface area contributed by atoms with Crippen molar-refractivity contribution in [2.45, 2.75) is 0 Å². The lowest BCUT2D eigenvalue weighted by molar-refractivity contribution is 0.670. The van der Waals surface area contributed by atoms with Gasteiger partial charge in [0, 0.05) is 55.0 Å². The molecule has 218 valence electrons. The summed E-state index contributed by atoms with van der Waals surface area (Å²) < 4.78 is 6.39. The first kappa shape index (κ1) is 26.0. The molecule has 0 atom stereocenters. The van der Waals surface area contributed by atoms with E-state index < -0.39 is 0 Å². The molecule has 0 spiro atoms. The molecular weight excluding hydrogens is 572 g/mol. The molecule has 10 rings (SSSR count). The Kier molecular flexibility index (Phi) is 5.57. The molecule has 0 N–H and O–H groups in total. The van der Waals surface area contributed by atoms with Gasteiger partial charge in [0.15, 0.2) is 0 Å². The lowest BCUT2D eigenvalue weighted by Crippen LogP contribution is -1.93. The summed E-state index contributed by atoms with van der Waals surface area (Å²) in [5, 5.41) is 9.18. The van der Waals surface area contributed by atoms with Gasteiger partial charge in [-0.05, 0) is 46.3 Å². The van der Waals surface area contributed by atoms with Crippen LogP contribution in [0.15, 0.2) is 162 Å². The molecule has 0 bridgehead atoms. The normalized spacial score (nSPS) is 11.8. The first-order chi connectivity index (χ1) is 23.3. The van der Waals surface area contributed by atoms with Gasteiger partial charge in [-0.1, -0.05) is 127 Å². The van der Waals surface area contributed by atoms with Crippen LogP contribution in [0.1, 0.15) is 0 Å². The SMILES string of the molecule is c1ccc(-c2nc3cc(-c4cccc(-c5cccc6c5oc5ccccc56)c4)ccc3c3c2ccc2ccc4cccnc4c23)cc1. The molecule has 47 heavy (non-hydrogen) atoms. The predicted octanol–water partition coefficient (Wildman–Crippen LogP) is 12.0. The van der Waals surface area contributed by atoms with Crippen LogP contribution in [-0.4, -0.2) is 9.97 Å². The molecule has 10 aromatic rings. The van der Waals surface area contributed by atoms with Crippen molar-refractivity contribution in [2.75, 3.05) is 0 Å². The second-order valence-corrected chi connectivity index (χ2v) is 12.1. The van der Waals surface area contributed by atoms with E-state index in [2.05, 4.69) is 133 Å². The van der Waals surface area contributed by atoms with Gasteiger partial charge in [-0.2, -0.15) is 0 Å². The number of benzene rings is 7. The Morgan fingerprint density at radius 2 is 1.19 bits per heavy atom. The zero-order chi connectivity index (χ0) is 30.9. The van der Waals surface area contributed by atoms with E-state index in [9.17, 15) is 0 Å². The quantitative estimate of drug-likeness (QED) is 0.190. The fraction of sp³-hybridized carbons (Fsp3) is 0. The van der Waals surface area contributed by atoms with Crippen molar-refractivity contribution in [3.05, 3.63) is 158 Å². The molecule has 0 fully saturated rings. The molecule has 0 saturated heterocycles. The number of hydrogen-bond acceptors (Lipinski definition) is 3. The number of fused-ring (bicyclic) bond motifs is 10. The van der Waals surface area contributed by atoms with Crippen LogP contribution in [-0.2, 0) is 0 Å². The monoisotopic (exact) mass is 598 g/mol. The molecule has 0 radical (unpaired) electrons. The molecule has 0 saturated carbocycles. The van der Waals surface area contributed by atoms with Crippen molar-refractivity contribution >= 4 is 65.3 Å². The zero-order valence-electron chi connectivity index (χ0n) is 25.3. The van der Waals surface area contributed by atoms with E-state index in [1.165, 1.54) is 16.2 Å². The van der Waals surface area contributed by atoms with E-state index in [1.807, 2.05) is 24.4 Å². The number of furan rings is 1. The van der Waals surface area contributed by atoms with Crippen molar-refractivity contribution in [2.24, 2.45) is 0 Å². The highest BCUT2D eigenvalue weighted by Crippen LogP contribution is 2.41. The lowest BCUT2D eigenvalue weighted by atomic mass is 9.92. The summed E-state index contributed by atoms with van der Waals surface area (Å²) in [5.74, 6) is 0. The van der Waals surface area contributed by atoms with Crippen LogP contribution in [0.25, 0.3) is 98.8 Å². The van der Waals surface area contributed by atoms with E-state index in [0.29, 0.717) is 0 Å². The Hall–Kier alpha value is -6.32. The first-order valence-corrected chi connectivity index (χ1v) is 15.9. The van der Waals surface area contributed by atoms with Crippen LogP contribution in [0.3, 0.4) is 0 Å². The van der Waals surface area contributed by atoms with Gasteiger partial charge in [0.1, 0.15) is 11.2 Å². The largest absolute Gasteiger partial charge is 0.455 e. The predicted molar refractivity (Wildman–Crippen MR) is 196 cm³/mol. The van der Waals surface area contributed by atoms with Gasteiger partial charge in [0.05, 0.1) is 16.7 Å². The average molecular weight is 599 g/mol. The summed E-state index contributed by atoms with van der Waals surface area (Å²) in [6, 6.07) is 53.5. The van der Waals surface area contributed by atoms with Gasteiger partial charge in [-0.25, -0.2) is 4.98 Å². The molecule has 3 heterocycles. The highest BCUT2D eigenvalue weighted by molar-refractivity contribution is 6.28. The van der Waals surface area contributed by atoms with Gasteiger partial charge in [-0.15, -0.1) is 0 Å². The second-order valence-electron chi connectivity index (χ2n) is 12.1. The third-order valence-corrected chi connectivity index (χ3v) is 9.47. The maximum absolute atomic E-state index is 6.39. The summed E-state index contributed by atoms with van der Waals surface area (Å²) in [6.07, 6.45) is 1.89. The number of aromatic nitrogens is 2. The van der Waals surface area contributed by atoms with Crippen LogP contribution >= 0.6 is 0 Å². The molecule has 0 aliphatic rings. The molecule has 0 aliphatic carbocycles. The zero-order valence-corrected chi connectivity index (χ0v) is 25.3. The number of para-hydroxylation sites is 2. The topological polar surface area (TPSA) is 38.9 Å². The minimum Gasteiger partial charge on any atom is -0.455 e. The third kappa shape index (κ3) is 4.00. The summed E-state index contributed by atoms with van der Waals surface area (Å²) in [6.45, 7) is 0. The van der Waals surface area contributed by atoms with Crippen molar-refractivity contribution in [1.29, 1.82) is 0 Å². The molecular formula is C44H26N2O. The third-order valence-electron chi connectivity index (χ3n) is 9.47. The summed E-state index contributed by atoms with van der Waals surface area (Å²) in [7, 11) is 0. The number of hydrogen-bond donors (Lipinski definition) is 0. The molecule has 0 unspecified atom stereocenters. The van der Waals surface area contributed by atoms with Crippen molar-refractivity contribution in [1.82, 2.24) is 9.97 Å². The Bertz CT molecular complexity index is 2850. The molecule has 3 heteroatoms. The first-order valence-electron chi connectivity index (χ1n) is 15.9. The van der Waals surface area contributed by atoms with Gasteiger partial charge in [0.2, 0.25) is 0 Å². The van der Waals surface area contributed by atoms with Crippen LogP contribution in [0.4, 0.5) is 0 Å². The minimum atomic E-state index is 0.906. The Labute approximate surface area is 270 Å². The van der Waals surface area contributed by atoms with Crippen LogP contribution in [0, 0.1) is 0 Å². The van der Waals surface area contributed by atoms with Gasteiger partial charge in [-0.3, -0.25) is 4.98 Å². The molecule has 7 aromatic carbocycles.